The van der Waals surface area contributed by atoms with Crippen LogP contribution in [0.25, 0.3) is 0 Å². The van der Waals surface area contributed by atoms with Crippen molar-refractivity contribution in [1.29, 1.82) is 5.26 Å². The summed E-state index contributed by atoms with van der Waals surface area (Å²) in [6.45, 7) is 3.91. The molecule has 0 aliphatic carbocycles. The first-order chi connectivity index (χ1) is 15.5. The molecule has 2 aromatic rings. The first-order valence-electron chi connectivity index (χ1n) is 10.5. The quantitative estimate of drug-likeness (QED) is 0.736. The monoisotopic (exact) mass is 461 g/mol. The van der Waals surface area contributed by atoms with Crippen LogP contribution in [0.4, 0.5) is 30.5 Å². The Labute approximate surface area is 190 Å². The minimum atomic E-state index is -4.79. The predicted octanol–water partition coefficient (Wildman–Crippen LogP) is 3.34. The number of hydrogen-bond acceptors (Lipinski definition) is 6. The minimum Gasteiger partial charge on any atom is -0.391 e. The Bertz CT molecular complexity index is 1080. The van der Waals surface area contributed by atoms with E-state index in [1.165, 1.54) is 14.7 Å². The average Bonchev–Trinajstić information content (AvgIpc) is 3.17. The summed E-state index contributed by atoms with van der Waals surface area (Å²) in [6, 6.07) is 8.72. The summed E-state index contributed by atoms with van der Waals surface area (Å²) in [4.78, 5) is 21.9. The molecule has 2 heterocycles. The van der Waals surface area contributed by atoms with Crippen LogP contribution in [-0.2, 0) is 11.0 Å². The van der Waals surface area contributed by atoms with Crippen molar-refractivity contribution in [3.63, 3.8) is 0 Å². The number of aryl methyl sites for hydroxylation is 1. The molecule has 1 N–H and O–H groups in total. The average molecular weight is 461 g/mol. The van der Waals surface area contributed by atoms with Gasteiger partial charge in [-0.05, 0) is 37.6 Å². The molecule has 2 atom stereocenters. The Morgan fingerprint density at radius 3 is 2.61 bits per heavy atom. The number of hydrogen-bond donors (Lipinski definition) is 1. The van der Waals surface area contributed by atoms with Gasteiger partial charge in [-0.2, -0.15) is 18.4 Å². The van der Waals surface area contributed by atoms with Crippen molar-refractivity contribution in [2.45, 2.75) is 38.6 Å². The van der Waals surface area contributed by atoms with E-state index < -0.39 is 35.4 Å². The third-order valence-corrected chi connectivity index (χ3v) is 5.83. The number of aromatic nitrogens is 1. The number of carbonyl (C=O) groups excluding carboxylic acids is 1. The van der Waals surface area contributed by atoms with Gasteiger partial charge in [-0.1, -0.05) is 12.1 Å². The second kappa shape index (κ2) is 9.27. The number of pyridine rings is 1. The van der Waals surface area contributed by atoms with Crippen LogP contribution in [0.1, 0.15) is 30.0 Å². The number of aliphatic hydroxyl groups is 1. The number of carbonyl (C=O) groups is 1. The number of amides is 1. The first-order valence-corrected chi connectivity index (χ1v) is 10.5. The van der Waals surface area contributed by atoms with E-state index in [0.717, 1.165) is 11.6 Å². The van der Waals surface area contributed by atoms with Crippen LogP contribution >= 0.6 is 0 Å². The predicted molar refractivity (Wildman–Crippen MR) is 119 cm³/mol. The molecule has 0 radical (unpaired) electrons. The number of nitrogens with zero attached hydrogens (tertiary/aromatic N) is 5. The van der Waals surface area contributed by atoms with E-state index in [-0.39, 0.29) is 24.6 Å². The highest BCUT2D eigenvalue weighted by Gasteiger charge is 2.43. The van der Waals surface area contributed by atoms with Crippen LogP contribution in [0.2, 0.25) is 0 Å². The number of nitriles is 1. The van der Waals surface area contributed by atoms with Crippen molar-refractivity contribution in [3.8, 4) is 6.07 Å². The second-order valence-corrected chi connectivity index (χ2v) is 8.14. The lowest BCUT2D eigenvalue weighted by Gasteiger charge is -2.30. The smallest absolute Gasteiger partial charge is 0.391 e. The first kappa shape index (κ1) is 24.3. The van der Waals surface area contributed by atoms with Gasteiger partial charge in [0, 0.05) is 39.3 Å². The van der Waals surface area contributed by atoms with Crippen LogP contribution in [0.3, 0.4) is 0 Å². The highest BCUT2D eigenvalue weighted by molar-refractivity contribution is 5.99. The molecule has 7 nitrogen and oxygen atoms in total. The van der Waals surface area contributed by atoms with E-state index in [4.69, 9.17) is 0 Å². The Kier molecular flexibility index (Phi) is 6.84. The molecule has 0 saturated carbocycles. The van der Waals surface area contributed by atoms with Crippen LogP contribution in [0.5, 0.6) is 0 Å². The molecule has 1 fully saturated rings. The summed E-state index contributed by atoms with van der Waals surface area (Å²) in [5.41, 5.74) is -0.231. The lowest BCUT2D eigenvalue weighted by Crippen LogP contribution is -2.45. The zero-order chi connectivity index (χ0) is 24.5. The van der Waals surface area contributed by atoms with Gasteiger partial charge in [-0.3, -0.25) is 4.79 Å². The van der Waals surface area contributed by atoms with Crippen LogP contribution in [0.15, 0.2) is 30.3 Å². The number of benzene rings is 1. The van der Waals surface area contributed by atoms with Gasteiger partial charge in [0.15, 0.2) is 0 Å². The standard InChI is InChI=1S/C23H26F3N5O2/c1-5-29(3)20-11-18(23(24,25)26)17(12-27)21(28-20)31-13-16(32)10-19(31)22(33)30(4)15-8-6-7-14(2)9-15/h6-9,11,16,19,32H,5,10,13H2,1-4H3/t16-,19?/m0/s1. The summed E-state index contributed by atoms with van der Waals surface area (Å²) in [7, 11) is 3.16. The normalized spacial score (nSPS) is 18.2. The Balaban J connectivity index is 2.11. The van der Waals surface area contributed by atoms with Gasteiger partial charge < -0.3 is 19.8 Å². The number of aliphatic hydroxyl groups excluding tert-OH is 1. The van der Waals surface area contributed by atoms with Crippen molar-refractivity contribution in [3.05, 3.63) is 47.0 Å². The van der Waals surface area contributed by atoms with Crippen molar-refractivity contribution >= 4 is 23.2 Å². The van der Waals surface area contributed by atoms with Crippen molar-refractivity contribution < 1.29 is 23.1 Å². The minimum absolute atomic E-state index is 0.0106. The van der Waals surface area contributed by atoms with E-state index in [1.54, 1.807) is 39.2 Å². The summed E-state index contributed by atoms with van der Waals surface area (Å²) >= 11 is 0. The van der Waals surface area contributed by atoms with E-state index >= 15 is 0 Å². The third-order valence-electron chi connectivity index (χ3n) is 5.83. The molecule has 1 aromatic carbocycles. The zero-order valence-corrected chi connectivity index (χ0v) is 18.9. The summed E-state index contributed by atoms with van der Waals surface area (Å²) in [5, 5.41) is 20.0. The molecule has 1 aromatic heterocycles. The van der Waals surface area contributed by atoms with E-state index in [2.05, 4.69) is 4.98 Å². The molecular weight excluding hydrogens is 435 g/mol. The SMILES string of the molecule is CCN(C)c1cc(C(F)(F)F)c(C#N)c(N2C[C@@H](O)CC2C(=O)N(C)c2cccc(C)c2)n1. The van der Waals surface area contributed by atoms with Gasteiger partial charge in [0.1, 0.15) is 29.3 Å². The molecule has 0 bridgehead atoms. The van der Waals surface area contributed by atoms with Crippen LogP contribution in [-0.4, -0.2) is 55.3 Å². The molecule has 1 saturated heterocycles. The molecule has 10 heteroatoms. The third kappa shape index (κ3) is 4.88. The van der Waals surface area contributed by atoms with E-state index in [1.807, 2.05) is 19.1 Å². The fourth-order valence-corrected chi connectivity index (χ4v) is 3.89. The van der Waals surface area contributed by atoms with Gasteiger partial charge in [-0.25, -0.2) is 4.98 Å². The van der Waals surface area contributed by atoms with Gasteiger partial charge in [0.2, 0.25) is 5.91 Å². The molecular formula is C23H26F3N5O2. The topological polar surface area (TPSA) is 83.7 Å². The number of rotatable bonds is 5. The molecule has 33 heavy (non-hydrogen) atoms. The van der Waals surface area contributed by atoms with Crippen molar-refractivity contribution in [2.75, 3.05) is 41.9 Å². The summed E-state index contributed by atoms with van der Waals surface area (Å²) < 4.78 is 41.5. The summed E-state index contributed by atoms with van der Waals surface area (Å²) in [5.74, 6) is -0.640. The molecule has 1 aliphatic rings. The van der Waals surface area contributed by atoms with Crippen LogP contribution < -0.4 is 14.7 Å². The van der Waals surface area contributed by atoms with Gasteiger partial charge in [0.25, 0.3) is 0 Å². The fraction of sp³-hybridized carbons (Fsp3) is 0.435. The van der Waals surface area contributed by atoms with Crippen molar-refractivity contribution in [1.82, 2.24) is 4.98 Å². The molecule has 1 amide bonds. The molecule has 0 spiro atoms. The Morgan fingerprint density at radius 2 is 2.03 bits per heavy atom. The fourth-order valence-electron chi connectivity index (χ4n) is 3.89. The maximum atomic E-state index is 13.8. The summed E-state index contributed by atoms with van der Waals surface area (Å²) in [6.07, 6.45) is -5.74. The number of halogens is 3. The van der Waals surface area contributed by atoms with Gasteiger partial charge in [-0.15, -0.1) is 0 Å². The lowest BCUT2D eigenvalue weighted by atomic mass is 10.1. The highest BCUT2D eigenvalue weighted by atomic mass is 19.4. The second-order valence-electron chi connectivity index (χ2n) is 8.14. The Morgan fingerprint density at radius 1 is 1.33 bits per heavy atom. The van der Waals surface area contributed by atoms with Gasteiger partial charge in [0.05, 0.1) is 11.7 Å². The largest absolute Gasteiger partial charge is 0.417 e. The van der Waals surface area contributed by atoms with Crippen molar-refractivity contribution in [2.24, 2.45) is 0 Å². The highest BCUT2D eigenvalue weighted by Crippen LogP contribution is 2.39. The number of alkyl halides is 3. The molecule has 176 valence electrons. The molecule has 1 unspecified atom stereocenters. The number of anilines is 3. The maximum Gasteiger partial charge on any atom is 0.417 e. The number of β-amino-alcohol motifs (C(OH)–C–C–N with tert-alkyl or cyclic N) is 1. The molecule has 3 rings (SSSR count). The van der Waals surface area contributed by atoms with Crippen LogP contribution in [0, 0.1) is 18.3 Å². The number of likely N-dealkylation sites (N-methyl/N-ethyl adjacent to an activating group) is 1. The Hall–Kier alpha value is -3.32. The zero-order valence-electron chi connectivity index (χ0n) is 18.9. The van der Waals surface area contributed by atoms with Gasteiger partial charge >= 0.3 is 6.18 Å². The molecule has 1 aliphatic heterocycles. The van der Waals surface area contributed by atoms with E-state index in [9.17, 15) is 28.3 Å². The van der Waals surface area contributed by atoms with E-state index in [0.29, 0.717) is 12.2 Å². The lowest BCUT2D eigenvalue weighted by molar-refractivity contribution is -0.137. The maximum absolute atomic E-state index is 13.8.